The number of para-hydroxylation sites is 2. The molecule has 0 N–H and O–H groups in total. The molecule has 0 saturated carbocycles. The molecule has 0 spiro atoms. The van der Waals surface area contributed by atoms with Crippen molar-refractivity contribution in [3.63, 3.8) is 0 Å². The standard InChI is InChI=1S/C83H50N10S2/c1-6-23-52(24-7-1)67-50-68(85-76(84-67)53-25-8-2-9-26-53)59-46-64(74-62-35-16-20-39-70(62)94-72(74)48-59)81-91-79(56-31-14-5-15-32-56)88-80(92-81)58-34-22-33-57(45-58)51-41-43-61(44-42-51)93-69-38-19-18-37-66(69)86-83(93)60-47-65(75-63-36-17-21-40-71(63)95-73(75)49-60)82-89-77(54-27-10-3-11-28-54)87-78(90-82)55-29-12-4-13-30-55/h1-50H. The Labute approximate surface area is 553 Å². The lowest BCUT2D eigenvalue weighted by Crippen LogP contribution is -2.01. The zero-order chi connectivity index (χ0) is 62.8. The summed E-state index contributed by atoms with van der Waals surface area (Å²) in [6, 6.07) is 105. The van der Waals surface area contributed by atoms with Crippen molar-refractivity contribution < 1.29 is 0 Å². The van der Waals surface area contributed by atoms with Crippen LogP contribution in [0.2, 0.25) is 0 Å². The largest absolute Gasteiger partial charge is 0.292 e. The van der Waals surface area contributed by atoms with Crippen LogP contribution in [0.1, 0.15) is 0 Å². The molecule has 0 bridgehead atoms. The summed E-state index contributed by atoms with van der Waals surface area (Å²) in [6.07, 6.45) is 0. The highest BCUT2D eigenvalue weighted by atomic mass is 32.1. The van der Waals surface area contributed by atoms with Gasteiger partial charge in [0.1, 0.15) is 5.82 Å². The monoisotopic (exact) mass is 1250 g/mol. The predicted octanol–water partition coefficient (Wildman–Crippen LogP) is 21.3. The SMILES string of the molecule is c1ccc(-c2cc(-c3cc(-c4nc(-c5ccccc5)nc(-c5cccc(-c6ccc(-n7c(-c8cc(-c9nc(-c%10ccccc%10)nc(-c%10ccccc%10)n9)c9c(c8)sc8ccccc89)nc8ccccc87)cc6)c5)n4)c4c(c3)sc3ccccc34)nc(-c3ccccc3)n2)cc1. The summed E-state index contributed by atoms with van der Waals surface area (Å²) >= 11 is 3.52. The van der Waals surface area contributed by atoms with Gasteiger partial charge in [-0.15, -0.1) is 22.7 Å². The smallest absolute Gasteiger partial charge is 0.164 e. The molecule has 18 aromatic rings. The molecule has 0 unspecified atom stereocenters. The summed E-state index contributed by atoms with van der Waals surface area (Å²) in [5.41, 5.74) is 15.6. The van der Waals surface area contributed by atoms with Gasteiger partial charge in [-0.2, -0.15) is 0 Å². The summed E-state index contributed by atoms with van der Waals surface area (Å²) in [5, 5.41) is 4.45. The van der Waals surface area contributed by atoms with Crippen molar-refractivity contribution in [2.45, 2.75) is 0 Å². The molecular weight excluding hydrogens is 1200 g/mol. The normalized spacial score (nSPS) is 11.6. The second-order valence-corrected chi connectivity index (χ2v) is 25.4. The van der Waals surface area contributed by atoms with E-state index >= 15 is 0 Å². The first-order chi connectivity index (χ1) is 47.0. The molecule has 6 heterocycles. The Morgan fingerprint density at radius 3 is 1.17 bits per heavy atom. The summed E-state index contributed by atoms with van der Waals surface area (Å²) in [6.45, 7) is 0. The average Bonchev–Trinajstić information content (AvgIpc) is 1.64. The number of hydrogen-bond donors (Lipinski definition) is 0. The molecule has 12 heteroatoms. The van der Waals surface area contributed by atoms with Crippen LogP contribution in [0.3, 0.4) is 0 Å². The zero-order valence-electron chi connectivity index (χ0n) is 50.7. The number of nitrogens with zero attached hydrogens (tertiary/aromatic N) is 10. The maximum atomic E-state index is 5.47. The molecule has 0 atom stereocenters. The average molecular weight is 1250 g/mol. The summed E-state index contributed by atoms with van der Waals surface area (Å²) in [4.78, 5) is 47.6. The molecule has 12 aromatic carbocycles. The van der Waals surface area contributed by atoms with Crippen LogP contribution in [0.25, 0.3) is 182 Å². The van der Waals surface area contributed by atoms with Gasteiger partial charge >= 0.3 is 0 Å². The Bertz CT molecular complexity index is 5840. The van der Waals surface area contributed by atoms with Crippen molar-refractivity contribution in [1.82, 2.24) is 49.4 Å². The van der Waals surface area contributed by atoms with Gasteiger partial charge in [0.05, 0.1) is 22.4 Å². The Balaban J connectivity index is 0.757. The Morgan fingerprint density at radius 2 is 0.632 bits per heavy atom. The van der Waals surface area contributed by atoms with Crippen LogP contribution in [0.5, 0.6) is 0 Å². The fraction of sp³-hybridized carbons (Fsp3) is 0. The van der Waals surface area contributed by atoms with Crippen LogP contribution >= 0.6 is 22.7 Å². The highest BCUT2D eigenvalue weighted by Crippen LogP contribution is 2.46. The quantitative estimate of drug-likeness (QED) is 0.118. The van der Waals surface area contributed by atoms with Gasteiger partial charge in [-0.1, -0.05) is 231 Å². The van der Waals surface area contributed by atoms with E-state index in [9.17, 15) is 0 Å². The molecule has 0 saturated heterocycles. The number of aromatic nitrogens is 10. The minimum atomic E-state index is 0.555. The lowest BCUT2D eigenvalue weighted by molar-refractivity contribution is 1.07. The molecule has 444 valence electrons. The van der Waals surface area contributed by atoms with Gasteiger partial charge in [-0.3, -0.25) is 4.57 Å². The molecule has 10 nitrogen and oxygen atoms in total. The van der Waals surface area contributed by atoms with Crippen molar-refractivity contribution in [2.24, 2.45) is 0 Å². The summed E-state index contributed by atoms with van der Waals surface area (Å²) in [7, 11) is 0. The van der Waals surface area contributed by atoms with Gasteiger partial charge in [0.15, 0.2) is 40.8 Å². The lowest BCUT2D eigenvalue weighted by Gasteiger charge is -2.14. The third-order valence-electron chi connectivity index (χ3n) is 17.3. The van der Waals surface area contributed by atoms with E-state index in [0.717, 1.165) is 132 Å². The van der Waals surface area contributed by atoms with Crippen molar-refractivity contribution in [1.29, 1.82) is 0 Å². The second kappa shape index (κ2) is 23.4. The molecule has 18 rings (SSSR count). The molecule has 0 aliphatic carbocycles. The first-order valence-electron chi connectivity index (χ1n) is 31.3. The predicted molar refractivity (Wildman–Crippen MR) is 389 cm³/mol. The van der Waals surface area contributed by atoms with E-state index < -0.39 is 0 Å². The van der Waals surface area contributed by atoms with Gasteiger partial charge in [-0.25, -0.2) is 44.9 Å². The first-order valence-corrected chi connectivity index (χ1v) is 33.0. The van der Waals surface area contributed by atoms with Crippen molar-refractivity contribution in [3.05, 3.63) is 303 Å². The molecule has 0 aliphatic heterocycles. The maximum absolute atomic E-state index is 5.47. The molecular formula is C83H50N10S2. The van der Waals surface area contributed by atoms with Gasteiger partial charge in [0, 0.05) is 102 Å². The van der Waals surface area contributed by atoms with Crippen molar-refractivity contribution in [2.75, 3.05) is 0 Å². The number of fused-ring (bicyclic) bond motifs is 7. The van der Waals surface area contributed by atoms with E-state index in [4.69, 9.17) is 44.9 Å². The van der Waals surface area contributed by atoms with Crippen LogP contribution in [0.15, 0.2) is 303 Å². The van der Waals surface area contributed by atoms with Crippen LogP contribution < -0.4 is 0 Å². The molecule has 6 aromatic heterocycles. The molecule has 95 heavy (non-hydrogen) atoms. The molecule has 0 aliphatic rings. The number of rotatable bonds is 12. The molecule has 0 fully saturated rings. The van der Waals surface area contributed by atoms with E-state index in [1.54, 1.807) is 22.7 Å². The number of hydrogen-bond acceptors (Lipinski definition) is 11. The Kier molecular flexibility index (Phi) is 13.7. The van der Waals surface area contributed by atoms with Crippen molar-refractivity contribution in [3.8, 4) is 130 Å². The zero-order valence-corrected chi connectivity index (χ0v) is 52.3. The van der Waals surface area contributed by atoms with Gasteiger partial charge in [0.2, 0.25) is 0 Å². The third-order valence-corrected chi connectivity index (χ3v) is 19.6. The fourth-order valence-electron chi connectivity index (χ4n) is 12.8. The Morgan fingerprint density at radius 1 is 0.232 bits per heavy atom. The van der Waals surface area contributed by atoms with E-state index in [-0.39, 0.29) is 0 Å². The number of thiophene rings is 2. The third kappa shape index (κ3) is 10.3. The number of benzene rings is 12. The van der Waals surface area contributed by atoms with Crippen LogP contribution in [-0.2, 0) is 0 Å². The van der Waals surface area contributed by atoms with Gasteiger partial charge in [-0.05, 0) is 83.9 Å². The lowest BCUT2D eigenvalue weighted by atomic mass is 9.99. The second-order valence-electron chi connectivity index (χ2n) is 23.3. The van der Waals surface area contributed by atoms with E-state index in [2.05, 4.69) is 187 Å². The highest BCUT2D eigenvalue weighted by Gasteiger charge is 2.24. The van der Waals surface area contributed by atoms with Crippen LogP contribution in [-0.4, -0.2) is 49.4 Å². The topological polar surface area (TPSA) is 121 Å². The summed E-state index contributed by atoms with van der Waals surface area (Å²) in [5.74, 6) is 4.92. The molecule has 0 radical (unpaired) electrons. The van der Waals surface area contributed by atoms with Crippen LogP contribution in [0, 0.1) is 0 Å². The van der Waals surface area contributed by atoms with Gasteiger partial charge < -0.3 is 0 Å². The van der Waals surface area contributed by atoms with E-state index in [1.807, 2.05) is 121 Å². The fourth-order valence-corrected chi connectivity index (χ4v) is 15.1. The van der Waals surface area contributed by atoms with E-state index in [1.165, 1.54) is 9.40 Å². The van der Waals surface area contributed by atoms with Gasteiger partial charge in [0.25, 0.3) is 0 Å². The minimum Gasteiger partial charge on any atom is -0.292 e. The molecule has 0 amide bonds. The number of imidazole rings is 1. The van der Waals surface area contributed by atoms with E-state index in [0.29, 0.717) is 40.8 Å². The maximum Gasteiger partial charge on any atom is 0.164 e. The minimum absolute atomic E-state index is 0.555. The highest BCUT2D eigenvalue weighted by molar-refractivity contribution is 7.26. The van der Waals surface area contributed by atoms with Crippen molar-refractivity contribution >= 4 is 74.1 Å². The summed E-state index contributed by atoms with van der Waals surface area (Å²) < 4.78 is 6.82. The first kappa shape index (κ1) is 55.5. The Hall–Kier alpha value is -12.4. The van der Waals surface area contributed by atoms with Crippen LogP contribution in [0.4, 0.5) is 0 Å².